The van der Waals surface area contributed by atoms with Crippen LogP contribution in [-0.4, -0.2) is 58.4 Å². The molecule has 0 fully saturated rings. The Morgan fingerprint density at radius 1 is 0.708 bits per heavy atom. The Morgan fingerprint density at radius 3 is 1.33 bits per heavy atom. The van der Waals surface area contributed by atoms with Gasteiger partial charge in [-0.15, -0.1) is 14.0 Å². The van der Waals surface area contributed by atoms with Crippen LogP contribution in [0.1, 0.15) is 41.5 Å². The van der Waals surface area contributed by atoms with Gasteiger partial charge in [0, 0.05) is 39.3 Å². The van der Waals surface area contributed by atoms with E-state index in [1.807, 2.05) is 12.1 Å². The molecule has 0 unspecified atom stereocenters. The van der Waals surface area contributed by atoms with Crippen molar-refractivity contribution in [3.05, 3.63) is 24.3 Å². The number of nitrogens with zero attached hydrogens (tertiary/aromatic N) is 3. The normalized spacial score (nSPS) is 12.0. The average molecular weight is 376 g/mol. The highest BCUT2D eigenvalue weighted by Gasteiger charge is 2.57. The fourth-order valence-corrected chi connectivity index (χ4v) is 8.59. The Hall–Kier alpha value is -0.380. The number of hydrogen-bond acceptors (Lipinski definition) is 4. The Bertz CT molecular complexity index is 432. The third-order valence-electron chi connectivity index (χ3n) is 4.58. The van der Waals surface area contributed by atoms with E-state index in [2.05, 4.69) is 67.7 Å². The summed E-state index contributed by atoms with van der Waals surface area (Å²) in [5, 5.41) is 11.8. The highest BCUT2D eigenvalue weighted by molar-refractivity contribution is 7.76. The molecule has 6 heteroatoms. The van der Waals surface area contributed by atoms with Gasteiger partial charge >= 0.3 is 0 Å². The van der Waals surface area contributed by atoms with Crippen LogP contribution in [0.5, 0.6) is 5.75 Å². The van der Waals surface area contributed by atoms with Crippen LogP contribution in [0.25, 0.3) is 0 Å². The summed E-state index contributed by atoms with van der Waals surface area (Å²) in [6.45, 7) is 19.2. The van der Waals surface area contributed by atoms with Gasteiger partial charge in [0.1, 0.15) is 0 Å². The zero-order valence-corrected chi connectivity index (χ0v) is 17.8. The van der Waals surface area contributed by atoms with Gasteiger partial charge in [0.25, 0.3) is 7.71 Å². The van der Waals surface area contributed by atoms with Crippen LogP contribution in [0.3, 0.4) is 0 Å². The Balaban J connectivity index is 0.00000529. The minimum absolute atomic E-state index is 0. The monoisotopic (exact) mass is 375 g/mol. The maximum absolute atomic E-state index is 10.7. The summed E-state index contributed by atoms with van der Waals surface area (Å²) in [4.78, 5) is 0. The number of halogens is 1. The van der Waals surface area contributed by atoms with Gasteiger partial charge < -0.3 is 17.5 Å². The quantitative estimate of drug-likeness (QED) is 0.613. The summed E-state index contributed by atoms with van der Waals surface area (Å²) in [6, 6.07) is 7.93. The highest BCUT2D eigenvalue weighted by Crippen LogP contribution is 2.67. The number of phenolic OH excluding ortho intramolecular Hbond substituents is 1. The summed E-state index contributed by atoms with van der Waals surface area (Å²) in [5.74, 6) is 0.423. The molecule has 0 aromatic heterocycles. The molecule has 0 spiro atoms. The zero-order valence-electron chi connectivity index (χ0n) is 16.2. The van der Waals surface area contributed by atoms with E-state index in [1.54, 1.807) is 0 Å². The molecule has 1 aromatic rings. The van der Waals surface area contributed by atoms with E-state index in [0.717, 1.165) is 44.6 Å². The second kappa shape index (κ2) is 11.3. The highest BCUT2D eigenvalue weighted by atomic mass is 35.5. The Kier molecular flexibility index (Phi) is 11.1. The lowest BCUT2D eigenvalue weighted by atomic mass is 10.3. The van der Waals surface area contributed by atoms with E-state index in [0.29, 0.717) is 5.75 Å². The standard InChI is InChI=1S/C18H34N3OP.ClH/c1-7-19(8-2)23(20(9-3)10-4,21(11-5)12-6)18-16-14-13-15-17(18)22;/h13-16H,7-12H2,1-6H3;1H. The minimum atomic E-state index is -1.97. The van der Waals surface area contributed by atoms with E-state index in [9.17, 15) is 5.11 Å². The number of rotatable bonds is 10. The first kappa shape index (κ1) is 23.6. The van der Waals surface area contributed by atoms with Gasteiger partial charge in [-0.05, 0) is 53.7 Å². The molecule has 0 radical (unpaired) electrons. The maximum atomic E-state index is 10.7. The molecular formula is C18H35ClN3OP. The largest absolute Gasteiger partial charge is 1.00 e. The van der Waals surface area contributed by atoms with Gasteiger partial charge in [-0.3, -0.25) is 0 Å². The molecule has 0 atom stereocenters. The number of benzene rings is 1. The van der Waals surface area contributed by atoms with Crippen LogP contribution in [0.15, 0.2) is 24.3 Å². The van der Waals surface area contributed by atoms with Crippen molar-refractivity contribution in [2.24, 2.45) is 0 Å². The predicted molar refractivity (Wildman–Crippen MR) is 103 cm³/mol. The lowest BCUT2D eigenvalue weighted by molar-refractivity contribution is -0.00000658. The number of aromatic hydroxyl groups is 1. The van der Waals surface area contributed by atoms with Crippen molar-refractivity contribution in [2.75, 3.05) is 39.3 Å². The van der Waals surface area contributed by atoms with Crippen LogP contribution < -0.4 is 17.7 Å². The van der Waals surface area contributed by atoms with E-state index in [-0.39, 0.29) is 12.4 Å². The van der Waals surface area contributed by atoms with Crippen molar-refractivity contribution < 1.29 is 17.5 Å². The summed E-state index contributed by atoms with van der Waals surface area (Å²) in [6.07, 6.45) is 0. The van der Waals surface area contributed by atoms with Gasteiger partial charge in [-0.25, -0.2) is 0 Å². The summed E-state index contributed by atoms with van der Waals surface area (Å²) in [7, 11) is -1.97. The van der Waals surface area contributed by atoms with Gasteiger partial charge in [0.15, 0.2) is 11.1 Å². The molecule has 0 heterocycles. The average Bonchev–Trinajstić information content (AvgIpc) is 2.57. The van der Waals surface area contributed by atoms with Crippen molar-refractivity contribution in [2.45, 2.75) is 41.5 Å². The lowest BCUT2D eigenvalue weighted by Crippen LogP contribution is -3.00. The van der Waals surface area contributed by atoms with Crippen LogP contribution in [-0.2, 0) is 0 Å². The Morgan fingerprint density at radius 2 is 1.04 bits per heavy atom. The fraction of sp³-hybridized carbons (Fsp3) is 0.667. The molecular weight excluding hydrogens is 341 g/mol. The molecule has 0 saturated heterocycles. The maximum Gasteiger partial charge on any atom is 0.265 e. The third kappa shape index (κ3) is 4.23. The molecule has 0 aliphatic carbocycles. The van der Waals surface area contributed by atoms with E-state index in [1.165, 1.54) is 0 Å². The third-order valence-corrected chi connectivity index (χ3v) is 9.67. The SMILES string of the molecule is CCN(CC)[P+](c1ccccc1O)(N(CC)CC)N(CC)CC.[Cl-]. The molecule has 4 nitrogen and oxygen atoms in total. The lowest BCUT2D eigenvalue weighted by Gasteiger charge is -2.46. The van der Waals surface area contributed by atoms with Crippen molar-refractivity contribution in [1.82, 2.24) is 14.0 Å². The molecule has 0 amide bonds. The number of phenols is 1. The summed E-state index contributed by atoms with van der Waals surface area (Å²) < 4.78 is 7.71. The summed E-state index contributed by atoms with van der Waals surface area (Å²) in [5.41, 5.74) is 0. The zero-order chi connectivity index (χ0) is 17.5. The molecule has 0 aliphatic heterocycles. The first-order valence-corrected chi connectivity index (χ1v) is 10.7. The van der Waals surface area contributed by atoms with E-state index in [4.69, 9.17) is 0 Å². The fourth-order valence-electron chi connectivity index (χ4n) is 3.57. The van der Waals surface area contributed by atoms with Crippen LogP contribution in [0.2, 0.25) is 0 Å². The van der Waals surface area contributed by atoms with Crippen molar-refractivity contribution in [3.8, 4) is 5.75 Å². The molecule has 0 bridgehead atoms. The van der Waals surface area contributed by atoms with E-state index < -0.39 is 7.71 Å². The summed E-state index contributed by atoms with van der Waals surface area (Å²) >= 11 is 0. The number of para-hydroxylation sites is 1. The first-order valence-electron chi connectivity index (χ1n) is 9.01. The predicted octanol–water partition coefficient (Wildman–Crippen LogP) is 0.810. The van der Waals surface area contributed by atoms with Crippen molar-refractivity contribution in [3.63, 3.8) is 0 Å². The minimum Gasteiger partial charge on any atom is -1.00 e. The molecule has 24 heavy (non-hydrogen) atoms. The van der Waals surface area contributed by atoms with Crippen LogP contribution in [0, 0.1) is 0 Å². The van der Waals surface area contributed by atoms with Crippen molar-refractivity contribution in [1.29, 1.82) is 0 Å². The van der Waals surface area contributed by atoms with Gasteiger partial charge in [-0.2, -0.15) is 0 Å². The van der Waals surface area contributed by atoms with Gasteiger partial charge in [0.2, 0.25) is 0 Å². The molecule has 1 aromatic carbocycles. The van der Waals surface area contributed by atoms with Crippen molar-refractivity contribution >= 4 is 13.0 Å². The Labute approximate surface area is 155 Å². The second-order valence-electron chi connectivity index (χ2n) is 5.47. The molecule has 1 rings (SSSR count). The number of hydrogen-bond donors (Lipinski definition) is 1. The molecule has 1 N–H and O–H groups in total. The van der Waals surface area contributed by atoms with Gasteiger partial charge in [0.05, 0.1) is 0 Å². The first-order chi connectivity index (χ1) is 11.1. The molecule has 140 valence electrons. The second-order valence-corrected chi connectivity index (χ2v) is 8.79. The molecule has 0 aliphatic rings. The topological polar surface area (TPSA) is 30.0 Å². The van der Waals surface area contributed by atoms with Crippen LogP contribution >= 0.6 is 7.71 Å². The van der Waals surface area contributed by atoms with Gasteiger partial charge in [-0.1, -0.05) is 12.1 Å². The smallest absolute Gasteiger partial charge is 0.265 e. The molecule has 0 saturated carbocycles. The van der Waals surface area contributed by atoms with E-state index >= 15 is 0 Å². The van der Waals surface area contributed by atoms with Crippen LogP contribution in [0.4, 0.5) is 0 Å².